The summed E-state index contributed by atoms with van der Waals surface area (Å²) in [6.45, 7) is 1.21. The van der Waals surface area contributed by atoms with Crippen LogP contribution in [0.3, 0.4) is 0 Å². The molecule has 90 valence electrons. The van der Waals surface area contributed by atoms with Crippen molar-refractivity contribution in [3.63, 3.8) is 0 Å². The quantitative estimate of drug-likeness (QED) is 0.569. The van der Waals surface area contributed by atoms with E-state index >= 15 is 0 Å². The predicted octanol–water partition coefficient (Wildman–Crippen LogP) is 1.94. The van der Waals surface area contributed by atoms with Gasteiger partial charge in [0.25, 0.3) is 0 Å². The molecule has 0 heterocycles. The van der Waals surface area contributed by atoms with Gasteiger partial charge in [-0.25, -0.2) is 4.79 Å². The first-order valence-electron chi connectivity index (χ1n) is 5.82. The highest BCUT2D eigenvalue weighted by Gasteiger charge is 1.97. The van der Waals surface area contributed by atoms with Crippen LogP contribution in [0.25, 0.3) is 0 Å². The van der Waals surface area contributed by atoms with Gasteiger partial charge in [0.2, 0.25) is 0 Å². The fourth-order valence-corrected chi connectivity index (χ4v) is 1.45. The second kappa shape index (κ2) is 8.23. The van der Waals surface area contributed by atoms with Gasteiger partial charge in [-0.2, -0.15) is 0 Å². The lowest BCUT2D eigenvalue weighted by Crippen LogP contribution is -2.36. The summed E-state index contributed by atoms with van der Waals surface area (Å²) in [5.41, 5.74) is 1.29. The van der Waals surface area contributed by atoms with Gasteiger partial charge < -0.3 is 10.6 Å². The number of hydrogen-bond acceptors (Lipinski definition) is 1. The highest BCUT2D eigenvalue weighted by atomic mass is 16.2. The molecule has 0 aliphatic rings. The number of amides is 2. The summed E-state index contributed by atoms with van der Waals surface area (Å²) in [5, 5.41) is 5.48. The third-order valence-electron chi connectivity index (χ3n) is 2.33. The zero-order chi connectivity index (χ0) is 12.3. The second-order valence-corrected chi connectivity index (χ2v) is 3.73. The Morgan fingerprint density at radius 3 is 2.59 bits per heavy atom. The van der Waals surface area contributed by atoms with Crippen molar-refractivity contribution in [3.8, 4) is 12.3 Å². The van der Waals surface area contributed by atoms with E-state index in [0.717, 1.165) is 12.8 Å². The van der Waals surface area contributed by atoms with E-state index in [4.69, 9.17) is 6.42 Å². The average Bonchev–Trinajstić information content (AvgIpc) is 2.36. The Kier molecular flexibility index (Phi) is 6.35. The molecule has 3 nitrogen and oxygen atoms in total. The van der Waals surface area contributed by atoms with E-state index in [-0.39, 0.29) is 6.03 Å². The first-order valence-corrected chi connectivity index (χ1v) is 5.82. The third kappa shape index (κ3) is 6.26. The molecule has 1 aromatic rings. The lowest BCUT2D eigenvalue weighted by molar-refractivity contribution is 0.241. The van der Waals surface area contributed by atoms with Gasteiger partial charge in [0.1, 0.15) is 0 Å². The highest BCUT2D eigenvalue weighted by molar-refractivity contribution is 5.73. The maximum absolute atomic E-state index is 11.2. The number of urea groups is 1. The minimum absolute atomic E-state index is 0.145. The van der Waals surface area contributed by atoms with Crippen LogP contribution in [0, 0.1) is 12.3 Å². The van der Waals surface area contributed by atoms with Crippen molar-refractivity contribution in [1.82, 2.24) is 10.6 Å². The number of carbonyl (C=O) groups is 1. The van der Waals surface area contributed by atoms with Crippen LogP contribution in [0.4, 0.5) is 4.79 Å². The molecule has 0 bridgehead atoms. The van der Waals surface area contributed by atoms with Crippen LogP contribution in [0.1, 0.15) is 18.4 Å². The summed E-state index contributed by atoms with van der Waals surface area (Å²) in [7, 11) is 0. The molecule has 0 saturated heterocycles. The Morgan fingerprint density at radius 1 is 1.18 bits per heavy atom. The Balaban J connectivity index is 2.04. The number of terminal acetylenes is 1. The Morgan fingerprint density at radius 2 is 1.88 bits per heavy atom. The summed E-state index contributed by atoms with van der Waals surface area (Å²) in [6.07, 6.45) is 7.56. The molecule has 0 spiro atoms. The molecule has 0 saturated carbocycles. The van der Waals surface area contributed by atoms with Gasteiger partial charge in [-0.15, -0.1) is 12.3 Å². The molecule has 17 heavy (non-hydrogen) atoms. The van der Waals surface area contributed by atoms with Crippen molar-refractivity contribution in [3.05, 3.63) is 35.9 Å². The van der Waals surface area contributed by atoms with Crippen molar-refractivity contribution in [2.45, 2.75) is 19.3 Å². The third-order valence-corrected chi connectivity index (χ3v) is 2.33. The van der Waals surface area contributed by atoms with Crippen molar-refractivity contribution in [2.75, 3.05) is 13.1 Å². The van der Waals surface area contributed by atoms with Gasteiger partial charge in [0, 0.05) is 19.5 Å². The van der Waals surface area contributed by atoms with Gasteiger partial charge >= 0.3 is 6.03 Å². The lowest BCUT2D eigenvalue weighted by Gasteiger charge is -2.06. The van der Waals surface area contributed by atoms with E-state index in [2.05, 4.69) is 28.7 Å². The molecule has 0 aromatic heterocycles. The number of benzene rings is 1. The van der Waals surface area contributed by atoms with E-state index in [1.165, 1.54) is 5.56 Å². The Hall–Kier alpha value is -1.95. The Labute approximate surface area is 103 Å². The number of nitrogens with one attached hydrogen (secondary N) is 2. The molecular weight excluding hydrogens is 212 g/mol. The highest BCUT2D eigenvalue weighted by Crippen LogP contribution is 2.01. The summed E-state index contributed by atoms with van der Waals surface area (Å²) in [6, 6.07) is 10.1. The van der Waals surface area contributed by atoms with E-state index in [1.54, 1.807) is 0 Å². The molecule has 2 amide bonds. The zero-order valence-electron chi connectivity index (χ0n) is 9.91. The molecule has 0 unspecified atom stereocenters. The monoisotopic (exact) mass is 230 g/mol. The molecule has 0 radical (unpaired) electrons. The van der Waals surface area contributed by atoms with Crippen LogP contribution in [0.5, 0.6) is 0 Å². The Bertz CT molecular complexity index is 368. The fraction of sp³-hybridized carbons (Fsp3) is 0.357. The van der Waals surface area contributed by atoms with E-state index in [0.29, 0.717) is 19.5 Å². The van der Waals surface area contributed by atoms with E-state index in [9.17, 15) is 4.79 Å². The molecule has 1 rings (SSSR count). The summed E-state index contributed by atoms with van der Waals surface area (Å²) < 4.78 is 0. The number of carbonyl (C=O) groups excluding carboxylic acids is 1. The minimum atomic E-state index is -0.145. The van der Waals surface area contributed by atoms with Crippen molar-refractivity contribution in [1.29, 1.82) is 0 Å². The lowest BCUT2D eigenvalue weighted by atomic mass is 10.1. The van der Waals surface area contributed by atoms with Crippen LogP contribution in [0.15, 0.2) is 30.3 Å². The van der Waals surface area contributed by atoms with Crippen molar-refractivity contribution >= 4 is 6.03 Å². The van der Waals surface area contributed by atoms with Crippen LogP contribution in [-0.2, 0) is 6.42 Å². The van der Waals surface area contributed by atoms with Crippen molar-refractivity contribution in [2.24, 2.45) is 0 Å². The molecule has 0 fully saturated rings. The van der Waals surface area contributed by atoms with Crippen LogP contribution in [-0.4, -0.2) is 19.1 Å². The fourth-order valence-electron chi connectivity index (χ4n) is 1.45. The predicted molar refractivity (Wildman–Crippen MR) is 69.6 cm³/mol. The smallest absolute Gasteiger partial charge is 0.314 e. The number of hydrogen-bond donors (Lipinski definition) is 2. The molecular formula is C14H18N2O. The zero-order valence-corrected chi connectivity index (χ0v) is 9.91. The topological polar surface area (TPSA) is 41.1 Å². The van der Waals surface area contributed by atoms with Crippen LogP contribution >= 0.6 is 0 Å². The van der Waals surface area contributed by atoms with E-state index in [1.807, 2.05) is 18.2 Å². The largest absolute Gasteiger partial charge is 0.338 e. The SMILES string of the molecule is C#CCCNC(=O)NCCCc1ccccc1. The van der Waals surface area contributed by atoms with E-state index < -0.39 is 0 Å². The first-order chi connectivity index (χ1) is 8.33. The summed E-state index contributed by atoms with van der Waals surface area (Å²) >= 11 is 0. The van der Waals surface area contributed by atoms with Gasteiger partial charge in [-0.05, 0) is 18.4 Å². The number of aryl methyl sites for hydroxylation is 1. The normalized spacial score (nSPS) is 9.35. The molecule has 3 heteroatoms. The standard InChI is InChI=1S/C14H18N2O/c1-2-3-11-15-14(17)16-12-7-10-13-8-5-4-6-9-13/h1,4-6,8-9H,3,7,10-12H2,(H2,15,16,17). The first kappa shape index (κ1) is 13.1. The van der Waals surface area contributed by atoms with Crippen molar-refractivity contribution < 1.29 is 4.79 Å². The van der Waals surface area contributed by atoms with Crippen LogP contribution in [0.2, 0.25) is 0 Å². The average molecular weight is 230 g/mol. The van der Waals surface area contributed by atoms with Gasteiger partial charge in [-0.3, -0.25) is 0 Å². The van der Waals surface area contributed by atoms with Crippen LogP contribution < -0.4 is 10.6 Å². The molecule has 0 aliphatic heterocycles. The minimum Gasteiger partial charge on any atom is -0.338 e. The van der Waals surface area contributed by atoms with Gasteiger partial charge in [-0.1, -0.05) is 30.3 Å². The summed E-state index contributed by atoms with van der Waals surface area (Å²) in [4.78, 5) is 11.2. The molecule has 1 aromatic carbocycles. The van der Waals surface area contributed by atoms with Gasteiger partial charge in [0.05, 0.1) is 0 Å². The second-order valence-electron chi connectivity index (χ2n) is 3.73. The molecule has 2 N–H and O–H groups in total. The molecule has 0 atom stereocenters. The summed E-state index contributed by atoms with van der Waals surface area (Å²) in [5.74, 6) is 2.47. The number of rotatable bonds is 6. The van der Waals surface area contributed by atoms with Gasteiger partial charge in [0.15, 0.2) is 0 Å². The molecule has 0 aliphatic carbocycles. The maximum atomic E-state index is 11.2. The maximum Gasteiger partial charge on any atom is 0.314 e.